The fourth-order valence-electron chi connectivity index (χ4n) is 1.40. The van der Waals surface area contributed by atoms with Gasteiger partial charge < -0.3 is 25.2 Å². The Morgan fingerprint density at radius 3 is 2.53 bits per heavy atom. The van der Waals surface area contributed by atoms with Crippen molar-refractivity contribution in [1.82, 2.24) is 0 Å². The van der Waals surface area contributed by atoms with Crippen LogP contribution in [0.5, 0.6) is 5.75 Å². The summed E-state index contributed by atoms with van der Waals surface area (Å²) < 4.78 is 4.85. The zero-order valence-electron chi connectivity index (χ0n) is 9.20. The van der Waals surface area contributed by atoms with Gasteiger partial charge in [0.05, 0.1) is 13.7 Å². The molecule has 0 aliphatic carbocycles. The molecule has 0 saturated carbocycles. The van der Waals surface area contributed by atoms with E-state index in [2.05, 4.69) is 0 Å². The smallest absolute Gasteiger partial charge is 0.339 e. The standard InChI is InChI=1S/C11H14O6/c1-17-9-3-2-6(4-7(9)11(15)16)10(14)8(13)5-12/h2-4,8,10,12-14H,5H2,1H3,(H,15,16). The number of aromatic carboxylic acids is 1. The predicted octanol–water partition coefficient (Wildman–Crippen LogP) is -0.220. The van der Waals surface area contributed by atoms with Crippen molar-refractivity contribution in [3.8, 4) is 5.75 Å². The number of carbonyl (C=O) groups is 1. The topological polar surface area (TPSA) is 107 Å². The molecule has 0 aliphatic rings. The van der Waals surface area contributed by atoms with Gasteiger partial charge in [0, 0.05) is 0 Å². The van der Waals surface area contributed by atoms with E-state index in [1.54, 1.807) is 0 Å². The quantitative estimate of drug-likeness (QED) is 0.568. The first kappa shape index (κ1) is 13.4. The van der Waals surface area contributed by atoms with Gasteiger partial charge in [-0.3, -0.25) is 0 Å². The number of methoxy groups -OCH3 is 1. The van der Waals surface area contributed by atoms with Gasteiger partial charge in [0.1, 0.15) is 23.5 Å². The molecule has 0 fully saturated rings. The highest BCUT2D eigenvalue weighted by molar-refractivity contribution is 5.91. The van der Waals surface area contributed by atoms with Crippen LogP contribution >= 0.6 is 0 Å². The zero-order chi connectivity index (χ0) is 13.0. The Labute approximate surface area is 97.7 Å². The van der Waals surface area contributed by atoms with Crippen LogP contribution < -0.4 is 4.74 Å². The summed E-state index contributed by atoms with van der Waals surface area (Å²) >= 11 is 0. The second-order valence-corrected chi connectivity index (χ2v) is 3.46. The molecule has 1 aromatic carbocycles. The average Bonchev–Trinajstić information content (AvgIpc) is 2.35. The lowest BCUT2D eigenvalue weighted by Gasteiger charge is -2.17. The molecular weight excluding hydrogens is 228 g/mol. The molecule has 0 aromatic heterocycles. The Kier molecular flexibility index (Phi) is 4.45. The summed E-state index contributed by atoms with van der Waals surface area (Å²) in [7, 11) is 1.33. The van der Waals surface area contributed by atoms with Crippen LogP contribution in [0.25, 0.3) is 0 Å². The Morgan fingerprint density at radius 1 is 1.41 bits per heavy atom. The lowest BCUT2D eigenvalue weighted by molar-refractivity contribution is -0.0153. The van der Waals surface area contributed by atoms with Crippen molar-refractivity contribution in [2.45, 2.75) is 12.2 Å². The largest absolute Gasteiger partial charge is 0.496 e. The first-order valence-electron chi connectivity index (χ1n) is 4.89. The second kappa shape index (κ2) is 5.62. The van der Waals surface area contributed by atoms with E-state index in [-0.39, 0.29) is 16.9 Å². The van der Waals surface area contributed by atoms with E-state index in [9.17, 15) is 15.0 Å². The molecule has 6 nitrogen and oxygen atoms in total. The number of aliphatic hydroxyl groups excluding tert-OH is 3. The van der Waals surface area contributed by atoms with E-state index in [1.165, 1.54) is 25.3 Å². The second-order valence-electron chi connectivity index (χ2n) is 3.46. The van der Waals surface area contributed by atoms with Crippen LogP contribution in [0.15, 0.2) is 18.2 Å². The molecule has 0 radical (unpaired) electrons. The Bertz CT molecular complexity index is 403. The summed E-state index contributed by atoms with van der Waals surface area (Å²) in [5.41, 5.74) is 0.0824. The van der Waals surface area contributed by atoms with Gasteiger partial charge in [0.25, 0.3) is 0 Å². The molecule has 2 unspecified atom stereocenters. The SMILES string of the molecule is COc1ccc(C(O)C(O)CO)cc1C(=O)O. The summed E-state index contributed by atoms with van der Waals surface area (Å²) in [4.78, 5) is 10.9. The first-order chi connectivity index (χ1) is 8.01. The number of ether oxygens (including phenoxy) is 1. The van der Waals surface area contributed by atoms with Crippen LogP contribution in [-0.4, -0.2) is 46.2 Å². The zero-order valence-corrected chi connectivity index (χ0v) is 9.20. The van der Waals surface area contributed by atoms with Crippen LogP contribution in [0.4, 0.5) is 0 Å². The fourth-order valence-corrected chi connectivity index (χ4v) is 1.40. The van der Waals surface area contributed by atoms with Crippen molar-refractivity contribution < 1.29 is 30.0 Å². The van der Waals surface area contributed by atoms with Crippen molar-refractivity contribution in [2.75, 3.05) is 13.7 Å². The minimum absolute atomic E-state index is 0.116. The molecule has 4 N–H and O–H groups in total. The molecule has 17 heavy (non-hydrogen) atoms. The third-order valence-electron chi connectivity index (χ3n) is 2.35. The third kappa shape index (κ3) is 2.94. The minimum atomic E-state index is -1.36. The summed E-state index contributed by atoms with van der Waals surface area (Å²) in [5, 5.41) is 36.5. The van der Waals surface area contributed by atoms with E-state index in [1.807, 2.05) is 0 Å². The summed E-state index contributed by atoms with van der Waals surface area (Å²) in [6.07, 6.45) is -2.70. The maximum Gasteiger partial charge on any atom is 0.339 e. The number of rotatable bonds is 5. The maximum absolute atomic E-state index is 10.9. The molecular formula is C11H14O6. The Morgan fingerprint density at radius 2 is 2.06 bits per heavy atom. The monoisotopic (exact) mass is 242 g/mol. The van der Waals surface area contributed by atoms with E-state index in [0.717, 1.165) is 0 Å². The molecule has 0 saturated heterocycles. The number of benzene rings is 1. The maximum atomic E-state index is 10.9. The van der Waals surface area contributed by atoms with Gasteiger partial charge in [-0.2, -0.15) is 0 Å². The van der Waals surface area contributed by atoms with Crippen LogP contribution in [0.2, 0.25) is 0 Å². The Balaban J connectivity index is 3.12. The van der Waals surface area contributed by atoms with E-state index < -0.39 is 24.8 Å². The molecule has 1 rings (SSSR count). The first-order valence-corrected chi connectivity index (χ1v) is 4.89. The highest BCUT2D eigenvalue weighted by atomic mass is 16.5. The molecule has 1 aromatic rings. The fraction of sp³-hybridized carbons (Fsp3) is 0.364. The number of carboxylic acids is 1. The molecule has 0 spiro atoms. The highest BCUT2D eigenvalue weighted by Crippen LogP contribution is 2.25. The molecule has 6 heteroatoms. The van der Waals surface area contributed by atoms with Crippen molar-refractivity contribution in [2.24, 2.45) is 0 Å². The van der Waals surface area contributed by atoms with E-state index in [4.69, 9.17) is 14.9 Å². The lowest BCUT2D eigenvalue weighted by Crippen LogP contribution is -2.22. The van der Waals surface area contributed by atoms with Crippen LogP contribution in [0, 0.1) is 0 Å². The van der Waals surface area contributed by atoms with E-state index >= 15 is 0 Å². The van der Waals surface area contributed by atoms with Crippen LogP contribution in [-0.2, 0) is 0 Å². The normalized spacial score (nSPS) is 14.1. The van der Waals surface area contributed by atoms with Crippen molar-refractivity contribution in [1.29, 1.82) is 0 Å². The van der Waals surface area contributed by atoms with Gasteiger partial charge in [-0.05, 0) is 17.7 Å². The van der Waals surface area contributed by atoms with Gasteiger partial charge in [-0.25, -0.2) is 4.79 Å². The van der Waals surface area contributed by atoms with E-state index in [0.29, 0.717) is 0 Å². The summed E-state index contributed by atoms with van der Waals surface area (Å²) in [6.45, 7) is -0.615. The molecule has 0 amide bonds. The van der Waals surface area contributed by atoms with Gasteiger partial charge in [-0.1, -0.05) is 6.07 Å². The van der Waals surface area contributed by atoms with Gasteiger partial charge in [0.15, 0.2) is 0 Å². The third-order valence-corrected chi connectivity index (χ3v) is 2.35. The van der Waals surface area contributed by atoms with Crippen molar-refractivity contribution in [3.63, 3.8) is 0 Å². The van der Waals surface area contributed by atoms with Gasteiger partial charge >= 0.3 is 5.97 Å². The highest BCUT2D eigenvalue weighted by Gasteiger charge is 2.20. The summed E-state index contributed by atoms with van der Waals surface area (Å²) in [6, 6.07) is 4.01. The van der Waals surface area contributed by atoms with Crippen molar-refractivity contribution >= 4 is 5.97 Å². The summed E-state index contributed by atoms with van der Waals surface area (Å²) in [5.74, 6) is -1.04. The number of hydrogen-bond acceptors (Lipinski definition) is 5. The van der Waals surface area contributed by atoms with Gasteiger partial charge in [-0.15, -0.1) is 0 Å². The molecule has 94 valence electrons. The van der Waals surface area contributed by atoms with Crippen molar-refractivity contribution in [3.05, 3.63) is 29.3 Å². The molecule has 0 bridgehead atoms. The molecule has 2 atom stereocenters. The van der Waals surface area contributed by atoms with Gasteiger partial charge in [0.2, 0.25) is 0 Å². The number of carboxylic acid groups (broad SMARTS) is 1. The minimum Gasteiger partial charge on any atom is -0.496 e. The lowest BCUT2D eigenvalue weighted by atomic mass is 10.0. The van der Waals surface area contributed by atoms with Crippen LogP contribution in [0.1, 0.15) is 22.0 Å². The number of aliphatic hydroxyl groups is 3. The molecule has 0 heterocycles. The number of hydrogen-bond donors (Lipinski definition) is 4. The Hall–Kier alpha value is -1.63. The average molecular weight is 242 g/mol. The van der Waals surface area contributed by atoms with Crippen LogP contribution in [0.3, 0.4) is 0 Å². The molecule has 0 aliphatic heterocycles. The predicted molar refractivity (Wildman–Crippen MR) is 58.0 cm³/mol.